The summed E-state index contributed by atoms with van der Waals surface area (Å²) in [7, 11) is 2.95. The molecule has 0 aromatic heterocycles. The Hall–Kier alpha value is -2.79. The number of rotatable bonds is 6. The van der Waals surface area contributed by atoms with Crippen LogP contribution in [0.2, 0.25) is 5.02 Å². The van der Waals surface area contributed by atoms with Gasteiger partial charge in [-0.2, -0.15) is 0 Å². The number of nitrogens with one attached hydrogen (secondary N) is 1. The molecule has 130 valence electrons. The number of carbonyl (C=O) groups is 2. The van der Waals surface area contributed by atoms with Crippen molar-refractivity contribution >= 4 is 29.0 Å². The summed E-state index contributed by atoms with van der Waals surface area (Å²) in [5.74, 6) is 0.104. The standard InChI is InChI=1S/C19H18ClNO4/c1-11(2)19(23)21-15-10-17(25-4)16(24-3)9-14(15)18(22)12-5-7-13(20)8-6-12/h5-10H,1H2,2-4H3,(H,21,23). The van der Waals surface area contributed by atoms with E-state index in [0.717, 1.165) is 0 Å². The Morgan fingerprint density at radius 3 is 2.12 bits per heavy atom. The van der Waals surface area contributed by atoms with Gasteiger partial charge in [-0.05, 0) is 37.3 Å². The molecule has 2 aromatic rings. The molecule has 0 aliphatic carbocycles. The van der Waals surface area contributed by atoms with Crippen LogP contribution in [0.4, 0.5) is 5.69 Å². The maximum atomic E-state index is 12.9. The Morgan fingerprint density at radius 2 is 1.60 bits per heavy atom. The van der Waals surface area contributed by atoms with Crippen molar-refractivity contribution in [3.8, 4) is 11.5 Å². The number of amides is 1. The summed E-state index contributed by atoms with van der Waals surface area (Å²) >= 11 is 5.87. The minimum atomic E-state index is -0.391. The summed E-state index contributed by atoms with van der Waals surface area (Å²) in [6, 6.07) is 9.56. The van der Waals surface area contributed by atoms with Gasteiger partial charge in [0.25, 0.3) is 5.91 Å². The zero-order chi connectivity index (χ0) is 18.6. The molecule has 5 nitrogen and oxygen atoms in total. The largest absolute Gasteiger partial charge is 0.493 e. The molecule has 1 amide bonds. The van der Waals surface area contributed by atoms with Crippen LogP contribution in [0.15, 0.2) is 48.6 Å². The Labute approximate surface area is 151 Å². The number of ether oxygens (including phenoxy) is 2. The minimum absolute atomic E-state index is 0.273. The van der Waals surface area contributed by atoms with E-state index >= 15 is 0 Å². The Morgan fingerprint density at radius 1 is 1.04 bits per heavy atom. The van der Waals surface area contributed by atoms with Gasteiger partial charge in [-0.3, -0.25) is 9.59 Å². The lowest BCUT2D eigenvalue weighted by atomic mass is 10.0. The first-order chi connectivity index (χ1) is 11.9. The number of carbonyl (C=O) groups excluding carboxylic acids is 2. The van der Waals surface area contributed by atoms with Crippen molar-refractivity contribution in [2.45, 2.75) is 6.92 Å². The summed E-state index contributed by atoms with van der Waals surface area (Å²) in [6.07, 6.45) is 0. The third-order valence-electron chi connectivity index (χ3n) is 3.51. The molecule has 0 spiro atoms. The van der Waals surface area contributed by atoms with Crippen molar-refractivity contribution in [1.82, 2.24) is 0 Å². The molecule has 0 radical (unpaired) electrons. The van der Waals surface area contributed by atoms with Crippen LogP contribution in [-0.4, -0.2) is 25.9 Å². The first-order valence-electron chi connectivity index (χ1n) is 7.40. The van der Waals surface area contributed by atoms with Gasteiger partial charge in [-0.1, -0.05) is 18.2 Å². The number of hydrogen-bond donors (Lipinski definition) is 1. The van der Waals surface area contributed by atoms with Gasteiger partial charge >= 0.3 is 0 Å². The van der Waals surface area contributed by atoms with Crippen LogP contribution in [0.25, 0.3) is 0 Å². The highest BCUT2D eigenvalue weighted by atomic mass is 35.5. The van der Waals surface area contributed by atoms with E-state index in [-0.39, 0.29) is 11.3 Å². The van der Waals surface area contributed by atoms with E-state index in [4.69, 9.17) is 21.1 Å². The molecule has 0 bridgehead atoms. The van der Waals surface area contributed by atoms with Crippen LogP contribution in [0.5, 0.6) is 11.5 Å². The monoisotopic (exact) mass is 359 g/mol. The number of benzene rings is 2. The van der Waals surface area contributed by atoms with Crippen molar-refractivity contribution in [2.75, 3.05) is 19.5 Å². The third-order valence-corrected chi connectivity index (χ3v) is 3.76. The van der Waals surface area contributed by atoms with E-state index in [9.17, 15) is 9.59 Å². The summed E-state index contributed by atoms with van der Waals surface area (Å²) < 4.78 is 10.5. The molecule has 0 atom stereocenters. The summed E-state index contributed by atoms with van der Waals surface area (Å²) in [6.45, 7) is 5.18. The number of anilines is 1. The van der Waals surface area contributed by atoms with Crippen molar-refractivity contribution in [3.63, 3.8) is 0 Å². The lowest BCUT2D eigenvalue weighted by Crippen LogP contribution is -2.16. The lowest BCUT2D eigenvalue weighted by Gasteiger charge is -2.15. The van der Waals surface area contributed by atoms with Gasteiger partial charge in [0, 0.05) is 22.2 Å². The molecule has 2 rings (SSSR count). The molecule has 0 heterocycles. The number of ketones is 1. The van der Waals surface area contributed by atoms with Crippen LogP contribution in [0.1, 0.15) is 22.8 Å². The third kappa shape index (κ3) is 4.19. The quantitative estimate of drug-likeness (QED) is 0.623. The molecular weight excluding hydrogens is 342 g/mol. The predicted octanol–water partition coefficient (Wildman–Crippen LogP) is 4.10. The Balaban J connectivity index is 2.56. The van der Waals surface area contributed by atoms with Crippen molar-refractivity contribution in [2.24, 2.45) is 0 Å². The van der Waals surface area contributed by atoms with E-state index in [1.165, 1.54) is 20.3 Å². The zero-order valence-electron chi connectivity index (χ0n) is 14.2. The predicted molar refractivity (Wildman–Crippen MR) is 97.9 cm³/mol. The van der Waals surface area contributed by atoms with Crippen LogP contribution in [0.3, 0.4) is 0 Å². The first kappa shape index (κ1) is 18.5. The van der Waals surface area contributed by atoms with Crippen molar-refractivity contribution in [3.05, 3.63) is 64.7 Å². The summed E-state index contributed by atoms with van der Waals surface area (Å²) in [5, 5.41) is 3.20. The highest BCUT2D eigenvalue weighted by Gasteiger charge is 2.20. The average molecular weight is 360 g/mol. The van der Waals surface area contributed by atoms with Gasteiger partial charge in [0.2, 0.25) is 0 Å². The average Bonchev–Trinajstić information content (AvgIpc) is 2.61. The second kappa shape index (κ2) is 7.85. The maximum Gasteiger partial charge on any atom is 0.250 e. The van der Waals surface area contributed by atoms with Gasteiger partial charge < -0.3 is 14.8 Å². The minimum Gasteiger partial charge on any atom is -0.493 e. The van der Waals surface area contributed by atoms with Crippen LogP contribution in [-0.2, 0) is 4.79 Å². The van der Waals surface area contributed by atoms with Gasteiger partial charge in [0.15, 0.2) is 17.3 Å². The normalized spacial score (nSPS) is 10.1. The fraction of sp³-hybridized carbons (Fsp3) is 0.158. The maximum absolute atomic E-state index is 12.9. The molecule has 0 unspecified atom stereocenters. The summed E-state index contributed by atoms with van der Waals surface area (Å²) in [5.41, 5.74) is 1.34. The Bertz CT molecular complexity index is 828. The van der Waals surface area contributed by atoms with Crippen LogP contribution < -0.4 is 14.8 Å². The van der Waals surface area contributed by atoms with E-state index in [1.54, 1.807) is 37.3 Å². The molecule has 1 N–H and O–H groups in total. The smallest absolute Gasteiger partial charge is 0.250 e. The van der Waals surface area contributed by atoms with Crippen LogP contribution >= 0.6 is 11.6 Å². The molecule has 2 aromatic carbocycles. The molecule has 0 fully saturated rings. The molecule has 0 aliphatic rings. The van der Waals surface area contributed by atoms with Gasteiger partial charge in [0.1, 0.15) is 0 Å². The second-order valence-electron chi connectivity index (χ2n) is 5.32. The highest BCUT2D eigenvalue weighted by molar-refractivity contribution is 6.30. The second-order valence-corrected chi connectivity index (χ2v) is 5.76. The van der Waals surface area contributed by atoms with Crippen molar-refractivity contribution < 1.29 is 19.1 Å². The molecule has 0 saturated heterocycles. The first-order valence-corrected chi connectivity index (χ1v) is 7.78. The topological polar surface area (TPSA) is 64.6 Å². The SMILES string of the molecule is C=C(C)C(=O)Nc1cc(OC)c(OC)cc1C(=O)c1ccc(Cl)cc1. The zero-order valence-corrected chi connectivity index (χ0v) is 14.9. The fourth-order valence-corrected chi connectivity index (χ4v) is 2.28. The van der Waals surface area contributed by atoms with Crippen molar-refractivity contribution in [1.29, 1.82) is 0 Å². The summed E-state index contributed by atoms with van der Waals surface area (Å²) in [4.78, 5) is 24.9. The van der Waals surface area contributed by atoms with E-state index < -0.39 is 5.91 Å². The molecule has 0 saturated carbocycles. The highest BCUT2D eigenvalue weighted by Crippen LogP contribution is 2.34. The van der Waals surface area contributed by atoms with E-state index in [0.29, 0.717) is 33.3 Å². The lowest BCUT2D eigenvalue weighted by molar-refractivity contribution is -0.112. The number of methoxy groups -OCH3 is 2. The van der Waals surface area contributed by atoms with Gasteiger partial charge in [-0.15, -0.1) is 0 Å². The molecule has 25 heavy (non-hydrogen) atoms. The fourth-order valence-electron chi connectivity index (χ4n) is 2.16. The van der Waals surface area contributed by atoms with E-state index in [1.807, 2.05) is 0 Å². The van der Waals surface area contributed by atoms with Gasteiger partial charge in [-0.25, -0.2) is 0 Å². The molecular formula is C19H18ClNO4. The van der Waals surface area contributed by atoms with E-state index in [2.05, 4.69) is 11.9 Å². The molecule has 6 heteroatoms. The number of hydrogen-bond acceptors (Lipinski definition) is 4. The Kier molecular flexibility index (Phi) is 5.83. The van der Waals surface area contributed by atoms with Gasteiger partial charge in [0.05, 0.1) is 25.5 Å². The molecule has 0 aliphatic heterocycles. The number of halogens is 1. The van der Waals surface area contributed by atoms with Crippen LogP contribution in [0, 0.1) is 0 Å².